The Hall–Kier alpha value is -0.480. The predicted molar refractivity (Wildman–Crippen MR) is 78.4 cm³/mol. The van der Waals surface area contributed by atoms with E-state index in [0.29, 0.717) is 14.7 Å². The Kier molecular flexibility index (Phi) is 4.73. The third-order valence-electron chi connectivity index (χ3n) is 2.50. The molecule has 1 N–H and O–H groups in total. The van der Waals surface area contributed by atoms with Gasteiger partial charge in [0.2, 0.25) is 0 Å². The van der Waals surface area contributed by atoms with Gasteiger partial charge in [0.05, 0.1) is 6.04 Å². The molecule has 0 aliphatic rings. The molecule has 1 heterocycles. The van der Waals surface area contributed by atoms with E-state index in [0.717, 1.165) is 17.9 Å². The van der Waals surface area contributed by atoms with Gasteiger partial charge in [-0.25, -0.2) is 0 Å². The molecule has 96 valence electrons. The molecular weight excluding hydrogens is 337 g/mol. The highest BCUT2D eigenvalue weighted by atomic mass is 79.9. The molecule has 0 radical (unpaired) electrons. The van der Waals surface area contributed by atoms with Gasteiger partial charge in [0, 0.05) is 10.0 Å². The fourth-order valence-electron chi connectivity index (χ4n) is 1.81. The Bertz CT molecular complexity index is 521. The van der Waals surface area contributed by atoms with E-state index in [-0.39, 0.29) is 6.04 Å². The molecule has 1 unspecified atom stereocenters. The van der Waals surface area contributed by atoms with Crippen LogP contribution in [0, 0.1) is 0 Å². The molecular formula is C13H12BrCl2NO. The Morgan fingerprint density at radius 2 is 1.89 bits per heavy atom. The van der Waals surface area contributed by atoms with E-state index >= 15 is 0 Å². The van der Waals surface area contributed by atoms with Gasteiger partial charge >= 0.3 is 0 Å². The average molecular weight is 349 g/mol. The lowest BCUT2D eigenvalue weighted by Crippen LogP contribution is -2.21. The molecule has 0 spiro atoms. The Morgan fingerprint density at radius 1 is 1.22 bits per heavy atom. The Balaban J connectivity index is 2.40. The van der Waals surface area contributed by atoms with Crippen LogP contribution in [0.1, 0.15) is 24.3 Å². The molecule has 1 aromatic carbocycles. The first-order chi connectivity index (χ1) is 8.60. The molecule has 0 amide bonds. The van der Waals surface area contributed by atoms with E-state index in [1.165, 1.54) is 0 Å². The van der Waals surface area contributed by atoms with Crippen molar-refractivity contribution >= 4 is 39.1 Å². The van der Waals surface area contributed by atoms with Crippen molar-refractivity contribution in [1.29, 1.82) is 0 Å². The largest absolute Gasteiger partial charge is 0.452 e. The molecule has 1 aromatic heterocycles. The van der Waals surface area contributed by atoms with Crippen molar-refractivity contribution in [2.24, 2.45) is 0 Å². The highest BCUT2D eigenvalue weighted by molar-refractivity contribution is 9.10. The Labute approximate surface area is 124 Å². The first-order valence-electron chi connectivity index (χ1n) is 5.54. The number of benzene rings is 1. The van der Waals surface area contributed by atoms with Crippen LogP contribution < -0.4 is 5.32 Å². The second-order valence-corrected chi connectivity index (χ2v) is 5.49. The van der Waals surface area contributed by atoms with Crippen molar-refractivity contribution in [1.82, 2.24) is 5.32 Å². The topological polar surface area (TPSA) is 25.2 Å². The molecule has 0 saturated carbocycles. The van der Waals surface area contributed by atoms with Gasteiger partial charge in [0.1, 0.15) is 5.76 Å². The zero-order valence-corrected chi connectivity index (χ0v) is 12.8. The summed E-state index contributed by atoms with van der Waals surface area (Å²) in [5.74, 6) is 0.821. The summed E-state index contributed by atoms with van der Waals surface area (Å²) in [7, 11) is 0. The van der Waals surface area contributed by atoms with E-state index in [2.05, 4.69) is 21.2 Å². The molecule has 0 aliphatic heterocycles. The number of halogens is 3. The van der Waals surface area contributed by atoms with Gasteiger partial charge in [0.15, 0.2) is 4.67 Å². The summed E-state index contributed by atoms with van der Waals surface area (Å²) in [4.78, 5) is 0. The van der Waals surface area contributed by atoms with Crippen LogP contribution in [0.2, 0.25) is 10.0 Å². The molecule has 2 nitrogen and oxygen atoms in total. The van der Waals surface area contributed by atoms with E-state index in [1.54, 1.807) is 6.07 Å². The summed E-state index contributed by atoms with van der Waals surface area (Å²) in [5.41, 5.74) is 0.983. The van der Waals surface area contributed by atoms with Crippen molar-refractivity contribution in [3.05, 3.63) is 56.4 Å². The molecule has 0 bridgehead atoms. The summed E-state index contributed by atoms with van der Waals surface area (Å²) >= 11 is 15.4. The zero-order chi connectivity index (χ0) is 13.1. The third-order valence-corrected chi connectivity index (χ3v) is 3.37. The normalized spacial score (nSPS) is 12.7. The first kappa shape index (κ1) is 13.9. The highest BCUT2D eigenvalue weighted by Crippen LogP contribution is 2.29. The quantitative estimate of drug-likeness (QED) is 0.836. The lowest BCUT2D eigenvalue weighted by atomic mass is 10.0. The molecule has 2 aromatic rings. The van der Waals surface area contributed by atoms with Gasteiger partial charge in [-0.2, -0.15) is 0 Å². The minimum Gasteiger partial charge on any atom is -0.452 e. The highest BCUT2D eigenvalue weighted by Gasteiger charge is 2.17. The van der Waals surface area contributed by atoms with Crippen LogP contribution >= 0.6 is 39.1 Å². The lowest BCUT2D eigenvalue weighted by Gasteiger charge is -2.16. The third kappa shape index (κ3) is 3.29. The van der Waals surface area contributed by atoms with Crippen molar-refractivity contribution in [2.75, 3.05) is 6.54 Å². The standard InChI is InChI=1S/C13H12BrCl2NO/c1-2-17-13(11-3-4-12(14)18-11)8-5-9(15)7-10(16)6-8/h3-7,13,17H,2H2,1H3. The van der Waals surface area contributed by atoms with Crippen LogP contribution in [0.15, 0.2) is 39.4 Å². The smallest absolute Gasteiger partial charge is 0.169 e. The summed E-state index contributed by atoms with van der Waals surface area (Å²) in [6.07, 6.45) is 0. The van der Waals surface area contributed by atoms with Crippen molar-refractivity contribution < 1.29 is 4.42 Å². The maximum Gasteiger partial charge on any atom is 0.169 e. The average Bonchev–Trinajstić information content (AvgIpc) is 2.71. The van der Waals surface area contributed by atoms with Crippen molar-refractivity contribution in [3.63, 3.8) is 0 Å². The van der Waals surface area contributed by atoms with Gasteiger partial charge in [-0.1, -0.05) is 30.1 Å². The monoisotopic (exact) mass is 347 g/mol. The number of hydrogen-bond donors (Lipinski definition) is 1. The van der Waals surface area contributed by atoms with Gasteiger partial charge in [0.25, 0.3) is 0 Å². The number of hydrogen-bond acceptors (Lipinski definition) is 2. The van der Waals surface area contributed by atoms with Crippen LogP contribution in [0.5, 0.6) is 0 Å². The molecule has 1 atom stereocenters. The summed E-state index contributed by atoms with van der Waals surface area (Å²) in [6.45, 7) is 2.85. The van der Waals surface area contributed by atoms with Crippen LogP contribution in [0.4, 0.5) is 0 Å². The molecule has 0 fully saturated rings. The first-order valence-corrected chi connectivity index (χ1v) is 7.09. The van der Waals surface area contributed by atoms with E-state index in [1.807, 2.05) is 31.2 Å². The molecule has 5 heteroatoms. The minimum absolute atomic E-state index is 0.0579. The number of nitrogens with one attached hydrogen (secondary N) is 1. The fourth-order valence-corrected chi connectivity index (χ4v) is 2.67. The van der Waals surface area contributed by atoms with Crippen LogP contribution in [0.3, 0.4) is 0 Å². The van der Waals surface area contributed by atoms with E-state index in [4.69, 9.17) is 27.6 Å². The van der Waals surface area contributed by atoms with Crippen molar-refractivity contribution in [3.8, 4) is 0 Å². The van der Waals surface area contributed by atoms with E-state index < -0.39 is 0 Å². The van der Waals surface area contributed by atoms with Gasteiger partial charge < -0.3 is 9.73 Å². The van der Waals surface area contributed by atoms with Gasteiger partial charge in [-0.15, -0.1) is 0 Å². The second kappa shape index (κ2) is 6.11. The lowest BCUT2D eigenvalue weighted by molar-refractivity contribution is 0.437. The van der Waals surface area contributed by atoms with Gasteiger partial charge in [-0.3, -0.25) is 0 Å². The summed E-state index contributed by atoms with van der Waals surface area (Å²) < 4.78 is 6.30. The molecule has 0 saturated heterocycles. The number of furan rings is 1. The van der Waals surface area contributed by atoms with Crippen LogP contribution in [0.25, 0.3) is 0 Å². The minimum atomic E-state index is -0.0579. The maximum absolute atomic E-state index is 6.03. The Morgan fingerprint density at radius 3 is 2.39 bits per heavy atom. The summed E-state index contributed by atoms with van der Waals surface area (Å²) in [6, 6.07) is 9.22. The molecule has 2 rings (SSSR count). The van der Waals surface area contributed by atoms with Crippen molar-refractivity contribution in [2.45, 2.75) is 13.0 Å². The second-order valence-electron chi connectivity index (χ2n) is 3.84. The van der Waals surface area contributed by atoms with Crippen LogP contribution in [-0.4, -0.2) is 6.54 Å². The summed E-state index contributed by atoms with van der Waals surface area (Å²) in [5, 5.41) is 4.58. The van der Waals surface area contributed by atoms with E-state index in [9.17, 15) is 0 Å². The fraction of sp³-hybridized carbons (Fsp3) is 0.231. The van der Waals surface area contributed by atoms with Crippen LogP contribution in [-0.2, 0) is 0 Å². The number of rotatable bonds is 4. The maximum atomic E-state index is 6.03. The SMILES string of the molecule is CCNC(c1cc(Cl)cc(Cl)c1)c1ccc(Br)o1. The molecule has 18 heavy (non-hydrogen) atoms. The predicted octanol–water partition coefficient (Wildman–Crippen LogP) is 5.05. The molecule has 0 aliphatic carbocycles. The zero-order valence-electron chi connectivity index (χ0n) is 9.71. The van der Waals surface area contributed by atoms with Gasteiger partial charge in [-0.05, 0) is 58.4 Å².